The molecule has 0 aliphatic carbocycles. The lowest BCUT2D eigenvalue weighted by molar-refractivity contribution is -0.384. The third-order valence-corrected chi connectivity index (χ3v) is 3.79. The summed E-state index contributed by atoms with van der Waals surface area (Å²) in [5, 5.41) is 16.1. The fourth-order valence-electron chi connectivity index (χ4n) is 2.36. The second kappa shape index (κ2) is 7.12. The third kappa shape index (κ3) is 3.70. The highest BCUT2D eigenvalue weighted by Gasteiger charge is 2.33. The van der Waals surface area contributed by atoms with E-state index in [-0.39, 0.29) is 17.4 Å². The number of nitrogens with zero attached hydrogens (tertiary/aromatic N) is 1. The van der Waals surface area contributed by atoms with Crippen LogP contribution >= 0.6 is 0 Å². The zero-order chi connectivity index (χ0) is 17.9. The van der Waals surface area contributed by atoms with Gasteiger partial charge < -0.3 is 15.4 Å². The molecular weight excluding hydrogens is 314 g/mol. The number of nitro benzene ring substituents is 1. The average Bonchev–Trinajstić information content (AvgIpc) is 2.53. The van der Waals surface area contributed by atoms with Crippen LogP contribution in [0.2, 0.25) is 0 Å². The molecule has 1 aromatic carbocycles. The van der Waals surface area contributed by atoms with E-state index in [0.29, 0.717) is 17.7 Å². The van der Waals surface area contributed by atoms with Gasteiger partial charge >= 0.3 is 12.0 Å². The lowest BCUT2D eigenvalue weighted by atomic mass is 9.95. The van der Waals surface area contributed by atoms with E-state index in [0.717, 1.165) is 0 Å². The molecule has 2 atom stereocenters. The number of ether oxygens (including phenoxy) is 1. The number of hydrogen-bond donors (Lipinski definition) is 2. The Balaban J connectivity index is 2.43. The second-order valence-corrected chi connectivity index (χ2v) is 5.55. The third-order valence-electron chi connectivity index (χ3n) is 3.79. The molecule has 8 nitrogen and oxygen atoms in total. The van der Waals surface area contributed by atoms with Crippen molar-refractivity contribution in [3.8, 4) is 0 Å². The molecule has 0 fully saturated rings. The standard InChI is InChI=1S/C16H19N3O5/c1-4-9(2)24-15(20)13-10(3)17-16(21)18-14(13)11-6-5-7-12(8-11)19(22)23/h5-9,14H,4H2,1-3H3,(H2,17,18,21)/t9-,14-/m0/s1. The molecule has 0 bridgehead atoms. The number of amides is 2. The van der Waals surface area contributed by atoms with Gasteiger partial charge in [-0.3, -0.25) is 10.1 Å². The van der Waals surface area contributed by atoms with Crippen LogP contribution in [-0.4, -0.2) is 23.0 Å². The molecule has 0 saturated heterocycles. The lowest BCUT2D eigenvalue weighted by Crippen LogP contribution is -2.45. The van der Waals surface area contributed by atoms with Crippen LogP contribution in [0.25, 0.3) is 0 Å². The summed E-state index contributed by atoms with van der Waals surface area (Å²) in [5.41, 5.74) is 0.918. The highest BCUT2D eigenvalue weighted by Crippen LogP contribution is 2.29. The van der Waals surface area contributed by atoms with E-state index in [9.17, 15) is 19.7 Å². The average molecular weight is 333 g/mol. The van der Waals surface area contributed by atoms with Crippen LogP contribution in [0.3, 0.4) is 0 Å². The predicted molar refractivity (Wildman–Crippen MR) is 86.0 cm³/mol. The van der Waals surface area contributed by atoms with Crippen LogP contribution in [0.5, 0.6) is 0 Å². The van der Waals surface area contributed by atoms with Crippen LogP contribution in [0.4, 0.5) is 10.5 Å². The lowest BCUT2D eigenvalue weighted by Gasteiger charge is -2.28. The first-order chi connectivity index (χ1) is 11.3. The topological polar surface area (TPSA) is 111 Å². The summed E-state index contributed by atoms with van der Waals surface area (Å²) in [7, 11) is 0. The van der Waals surface area contributed by atoms with E-state index in [2.05, 4.69) is 10.6 Å². The number of carbonyl (C=O) groups is 2. The number of non-ortho nitro benzene ring substituents is 1. The number of hydrogen-bond acceptors (Lipinski definition) is 5. The SMILES string of the molecule is CC[C@H](C)OC(=O)C1=C(C)NC(=O)N[C@H]1c1cccc([N+](=O)[O-])c1. The first-order valence-electron chi connectivity index (χ1n) is 7.57. The number of rotatable bonds is 5. The molecule has 128 valence electrons. The Morgan fingerprint density at radius 3 is 2.79 bits per heavy atom. The van der Waals surface area contributed by atoms with Crippen molar-refractivity contribution in [1.82, 2.24) is 10.6 Å². The van der Waals surface area contributed by atoms with Crippen molar-refractivity contribution in [2.75, 3.05) is 0 Å². The maximum atomic E-state index is 12.5. The largest absolute Gasteiger partial charge is 0.459 e. The fraction of sp³-hybridized carbons (Fsp3) is 0.375. The van der Waals surface area contributed by atoms with Crippen LogP contribution in [-0.2, 0) is 9.53 Å². The monoisotopic (exact) mass is 333 g/mol. The molecule has 1 aliphatic rings. The summed E-state index contributed by atoms with van der Waals surface area (Å²) >= 11 is 0. The highest BCUT2D eigenvalue weighted by atomic mass is 16.6. The normalized spacial score (nSPS) is 18.5. The van der Waals surface area contributed by atoms with Crippen LogP contribution < -0.4 is 10.6 Å². The Labute approximate surface area is 139 Å². The summed E-state index contributed by atoms with van der Waals surface area (Å²) in [4.78, 5) is 34.7. The van der Waals surface area contributed by atoms with Crippen molar-refractivity contribution in [3.63, 3.8) is 0 Å². The molecule has 2 amide bonds. The smallest absolute Gasteiger partial charge is 0.338 e. The zero-order valence-corrected chi connectivity index (χ0v) is 13.7. The van der Waals surface area contributed by atoms with Crippen molar-refractivity contribution in [2.24, 2.45) is 0 Å². The van der Waals surface area contributed by atoms with E-state index >= 15 is 0 Å². The number of nitrogens with one attached hydrogen (secondary N) is 2. The van der Waals surface area contributed by atoms with Gasteiger partial charge in [0.1, 0.15) is 0 Å². The van der Waals surface area contributed by atoms with E-state index in [1.54, 1.807) is 19.9 Å². The first-order valence-corrected chi connectivity index (χ1v) is 7.57. The number of nitro groups is 1. The minimum Gasteiger partial charge on any atom is -0.459 e. The molecule has 0 unspecified atom stereocenters. The molecule has 1 aliphatic heterocycles. The molecule has 1 aromatic rings. The molecule has 1 heterocycles. The molecule has 8 heteroatoms. The summed E-state index contributed by atoms with van der Waals surface area (Å²) in [6.07, 6.45) is 0.375. The van der Waals surface area contributed by atoms with Gasteiger partial charge in [-0.05, 0) is 25.8 Å². The summed E-state index contributed by atoms with van der Waals surface area (Å²) in [6.45, 7) is 5.25. The molecule has 2 rings (SSSR count). The molecule has 0 saturated carbocycles. The molecule has 2 N–H and O–H groups in total. The maximum absolute atomic E-state index is 12.5. The van der Waals surface area contributed by atoms with E-state index in [1.165, 1.54) is 18.2 Å². The number of carbonyl (C=O) groups excluding carboxylic acids is 2. The Hall–Kier alpha value is -2.90. The number of allylic oxidation sites excluding steroid dienone is 1. The molecular formula is C16H19N3O5. The van der Waals surface area contributed by atoms with Gasteiger partial charge in [0, 0.05) is 17.8 Å². The van der Waals surface area contributed by atoms with Crippen molar-refractivity contribution < 1.29 is 19.2 Å². The summed E-state index contributed by atoms with van der Waals surface area (Å²) < 4.78 is 5.35. The van der Waals surface area contributed by atoms with Crippen molar-refractivity contribution in [3.05, 3.63) is 51.2 Å². The molecule has 0 radical (unpaired) electrons. The van der Waals surface area contributed by atoms with Gasteiger partial charge in [-0.15, -0.1) is 0 Å². The van der Waals surface area contributed by atoms with Gasteiger partial charge in [-0.1, -0.05) is 19.1 Å². The van der Waals surface area contributed by atoms with Gasteiger partial charge in [-0.2, -0.15) is 0 Å². The Kier molecular flexibility index (Phi) is 5.18. The molecule has 0 spiro atoms. The molecule has 0 aromatic heterocycles. The van der Waals surface area contributed by atoms with Gasteiger partial charge in [-0.25, -0.2) is 9.59 Å². The van der Waals surface area contributed by atoms with Crippen LogP contribution in [0, 0.1) is 10.1 Å². The highest BCUT2D eigenvalue weighted by molar-refractivity contribution is 5.95. The van der Waals surface area contributed by atoms with E-state index in [1.807, 2.05) is 6.92 Å². The quantitative estimate of drug-likeness (QED) is 0.489. The Morgan fingerprint density at radius 1 is 1.46 bits per heavy atom. The fourth-order valence-corrected chi connectivity index (χ4v) is 2.36. The van der Waals surface area contributed by atoms with Crippen molar-refractivity contribution in [2.45, 2.75) is 39.3 Å². The minimum absolute atomic E-state index is 0.118. The maximum Gasteiger partial charge on any atom is 0.338 e. The van der Waals surface area contributed by atoms with Gasteiger partial charge in [0.2, 0.25) is 0 Å². The van der Waals surface area contributed by atoms with E-state index < -0.39 is 23.0 Å². The Bertz CT molecular complexity index is 713. The number of benzene rings is 1. The van der Waals surface area contributed by atoms with Gasteiger partial charge in [0.05, 0.1) is 22.6 Å². The first kappa shape index (κ1) is 17.5. The Morgan fingerprint density at radius 2 is 2.17 bits per heavy atom. The minimum atomic E-state index is -0.810. The summed E-state index contributed by atoms with van der Waals surface area (Å²) in [5.74, 6) is -0.564. The van der Waals surface area contributed by atoms with Crippen molar-refractivity contribution >= 4 is 17.7 Å². The second-order valence-electron chi connectivity index (χ2n) is 5.55. The predicted octanol–water partition coefficient (Wildman–Crippen LogP) is 2.56. The van der Waals surface area contributed by atoms with Gasteiger partial charge in [0.15, 0.2) is 0 Å². The van der Waals surface area contributed by atoms with Gasteiger partial charge in [0.25, 0.3) is 5.69 Å². The van der Waals surface area contributed by atoms with Crippen LogP contribution in [0.15, 0.2) is 35.5 Å². The zero-order valence-electron chi connectivity index (χ0n) is 13.7. The van der Waals surface area contributed by atoms with Crippen molar-refractivity contribution in [1.29, 1.82) is 0 Å². The number of esters is 1. The van der Waals surface area contributed by atoms with Crippen LogP contribution in [0.1, 0.15) is 38.8 Å². The number of urea groups is 1. The molecule has 24 heavy (non-hydrogen) atoms. The summed E-state index contributed by atoms with van der Waals surface area (Å²) in [6, 6.07) is 4.52. The van der Waals surface area contributed by atoms with E-state index in [4.69, 9.17) is 4.74 Å².